The standard InChI is InChI=1S/C9H5Cl3N4.C4H11NO3/c10-5-3-1-2-4-6(5)13-9-15-7(11)14-8(12)16-9;5-4(1-6,2-7)3-8/h1-4H,(H,13,14,15,16);6-8H,1-3,5H2. The minimum atomic E-state index is -1.21. The Morgan fingerprint density at radius 1 is 0.917 bits per heavy atom. The molecule has 0 bridgehead atoms. The van der Waals surface area contributed by atoms with Crippen molar-refractivity contribution in [2.24, 2.45) is 5.73 Å². The molecule has 1 aromatic carbocycles. The lowest BCUT2D eigenvalue weighted by atomic mass is 10.1. The zero-order valence-corrected chi connectivity index (χ0v) is 14.6. The summed E-state index contributed by atoms with van der Waals surface area (Å²) in [6.07, 6.45) is 0. The fraction of sp³-hybridized carbons (Fsp3) is 0.308. The molecule has 11 heteroatoms. The Bertz CT molecular complexity index is 630. The summed E-state index contributed by atoms with van der Waals surface area (Å²) in [7, 11) is 0. The van der Waals surface area contributed by atoms with Crippen molar-refractivity contribution in [1.29, 1.82) is 0 Å². The molecule has 0 saturated heterocycles. The van der Waals surface area contributed by atoms with Crippen LogP contribution >= 0.6 is 34.8 Å². The third kappa shape index (κ3) is 6.70. The number of aliphatic hydroxyl groups is 3. The average Bonchev–Trinajstić information content (AvgIpc) is 2.56. The maximum Gasteiger partial charge on any atom is 0.232 e. The summed E-state index contributed by atoms with van der Waals surface area (Å²) in [6, 6.07) is 7.18. The predicted molar refractivity (Wildman–Crippen MR) is 92.8 cm³/mol. The van der Waals surface area contributed by atoms with Crippen LogP contribution in [0.4, 0.5) is 11.6 Å². The predicted octanol–water partition coefficient (Wildman–Crippen LogP) is 1.24. The first-order chi connectivity index (χ1) is 11.3. The first-order valence-electron chi connectivity index (χ1n) is 6.53. The van der Waals surface area contributed by atoms with Gasteiger partial charge in [0.2, 0.25) is 16.5 Å². The molecule has 8 nitrogen and oxygen atoms in total. The monoisotopic (exact) mass is 395 g/mol. The zero-order chi connectivity index (χ0) is 18.2. The second-order valence-electron chi connectivity index (χ2n) is 4.64. The molecule has 0 spiro atoms. The molecule has 1 heterocycles. The van der Waals surface area contributed by atoms with Crippen LogP contribution in [-0.4, -0.2) is 55.6 Å². The fourth-order valence-corrected chi connectivity index (χ4v) is 1.76. The van der Waals surface area contributed by atoms with Gasteiger partial charge in [-0.15, -0.1) is 0 Å². The van der Waals surface area contributed by atoms with Crippen LogP contribution in [0.2, 0.25) is 15.6 Å². The minimum Gasteiger partial charge on any atom is -0.394 e. The van der Waals surface area contributed by atoms with Crippen LogP contribution in [0.3, 0.4) is 0 Å². The van der Waals surface area contributed by atoms with E-state index in [0.29, 0.717) is 10.7 Å². The van der Waals surface area contributed by atoms with Crippen molar-refractivity contribution in [3.63, 3.8) is 0 Å². The molecule has 0 fully saturated rings. The van der Waals surface area contributed by atoms with Crippen molar-refractivity contribution in [2.75, 3.05) is 25.1 Å². The molecule has 1 aromatic heterocycles. The second-order valence-corrected chi connectivity index (χ2v) is 5.72. The smallest absolute Gasteiger partial charge is 0.232 e. The molecule has 24 heavy (non-hydrogen) atoms. The highest BCUT2D eigenvalue weighted by atomic mass is 35.5. The molecule has 0 aliphatic carbocycles. The lowest BCUT2D eigenvalue weighted by molar-refractivity contribution is 0.0698. The number of aliphatic hydroxyl groups excluding tert-OH is 3. The van der Waals surface area contributed by atoms with Gasteiger partial charge in [0.15, 0.2) is 0 Å². The van der Waals surface area contributed by atoms with Crippen molar-refractivity contribution in [3.8, 4) is 0 Å². The first-order valence-corrected chi connectivity index (χ1v) is 7.67. The number of hydrogen-bond donors (Lipinski definition) is 5. The van der Waals surface area contributed by atoms with Gasteiger partial charge in [0.05, 0.1) is 36.1 Å². The molecule has 0 atom stereocenters. The average molecular weight is 397 g/mol. The van der Waals surface area contributed by atoms with Gasteiger partial charge in [0.1, 0.15) is 0 Å². The molecule has 0 radical (unpaired) electrons. The zero-order valence-electron chi connectivity index (χ0n) is 12.3. The van der Waals surface area contributed by atoms with Gasteiger partial charge < -0.3 is 26.4 Å². The van der Waals surface area contributed by atoms with Gasteiger partial charge in [-0.2, -0.15) is 15.0 Å². The van der Waals surface area contributed by atoms with E-state index in [1.165, 1.54) is 0 Å². The van der Waals surface area contributed by atoms with Gasteiger partial charge in [0, 0.05) is 0 Å². The normalized spacial score (nSPS) is 10.8. The summed E-state index contributed by atoms with van der Waals surface area (Å²) in [4.78, 5) is 11.4. The Labute approximate surface area is 153 Å². The molecule has 0 unspecified atom stereocenters. The van der Waals surface area contributed by atoms with E-state index >= 15 is 0 Å². The molecular formula is C13H16Cl3N5O3. The van der Waals surface area contributed by atoms with Crippen LogP contribution < -0.4 is 11.1 Å². The summed E-state index contributed by atoms with van der Waals surface area (Å²) in [5, 5.41) is 28.5. The van der Waals surface area contributed by atoms with Gasteiger partial charge in [0.25, 0.3) is 0 Å². The van der Waals surface area contributed by atoms with Crippen molar-refractivity contribution in [2.45, 2.75) is 5.54 Å². The Hall–Kier alpha value is -1.26. The van der Waals surface area contributed by atoms with E-state index in [1.807, 2.05) is 12.1 Å². The van der Waals surface area contributed by atoms with Crippen molar-refractivity contribution in [3.05, 3.63) is 39.9 Å². The summed E-state index contributed by atoms with van der Waals surface area (Å²) in [6.45, 7) is -1.21. The number of nitrogens with two attached hydrogens (primary N) is 1. The van der Waals surface area contributed by atoms with Gasteiger partial charge in [-0.05, 0) is 35.3 Å². The number of para-hydroxylation sites is 1. The van der Waals surface area contributed by atoms with E-state index in [9.17, 15) is 0 Å². The highest BCUT2D eigenvalue weighted by molar-refractivity contribution is 6.33. The quantitative estimate of drug-likeness (QED) is 0.509. The number of anilines is 2. The van der Waals surface area contributed by atoms with Crippen LogP contribution in [0.1, 0.15) is 0 Å². The number of benzene rings is 1. The molecule has 0 amide bonds. The van der Waals surface area contributed by atoms with Gasteiger partial charge >= 0.3 is 0 Å². The van der Waals surface area contributed by atoms with Crippen LogP contribution in [0.15, 0.2) is 24.3 Å². The van der Waals surface area contributed by atoms with E-state index in [4.69, 9.17) is 55.9 Å². The second kappa shape index (κ2) is 9.90. The fourth-order valence-electron chi connectivity index (χ4n) is 1.21. The SMILES string of the molecule is Clc1nc(Cl)nc(Nc2ccccc2Cl)n1.NC(CO)(CO)CO. The Kier molecular flexibility index (Phi) is 8.57. The summed E-state index contributed by atoms with van der Waals surface area (Å²) in [5.74, 6) is 0.248. The van der Waals surface area contributed by atoms with Crippen LogP contribution in [0.5, 0.6) is 0 Å². The van der Waals surface area contributed by atoms with Crippen LogP contribution in [0.25, 0.3) is 0 Å². The van der Waals surface area contributed by atoms with Gasteiger partial charge in [-0.25, -0.2) is 0 Å². The molecular weight excluding hydrogens is 381 g/mol. The van der Waals surface area contributed by atoms with Crippen molar-refractivity contribution >= 4 is 46.4 Å². The Morgan fingerprint density at radius 2 is 1.42 bits per heavy atom. The molecule has 132 valence electrons. The molecule has 2 aromatic rings. The third-order valence-corrected chi connectivity index (χ3v) is 3.31. The van der Waals surface area contributed by atoms with E-state index in [1.54, 1.807) is 12.1 Å². The highest BCUT2D eigenvalue weighted by Gasteiger charge is 2.20. The summed E-state index contributed by atoms with van der Waals surface area (Å²) < 4.78 is 0. The van der Waals surface area contributed by atoms with Crippen molar-refractivity contribution < 1.29 is 15.3 Å². The van der Waals surface area contributed by atoms with Gasteiger partial charge in [-0.3, -0.25) is 0 Å². The number of rotatable bonds is 5. The topological polar surface area (TPSA) is 137 Å². The number of nitrogens with one attached hydrogen (secondary N) is 1. The van der Waals surface area contributed by atoms with E-state index in [-0.39, 0.29) is 16.5 Å². The largest absolute Gasteiger partial charge is 0.394 e. The summed E-state index contributed by atoms with van der Waals surface area (Å²) in [5.41, 5.74) is 4.61. The molecule has 2 rings (SSSR count). The first kappa shape index (κ1) is 20.8. The van der Waals surface area contributed by atoms with Gasteiger partial charge in [-0.1, -0.05) is 23.7 Å². The molecule has 0 aliphatic rings. The number of nitrogens with zero attached hydrogens (tertiary/aromatic N) is 3. The summed E-state index contributed by atoms with van der Waals surface area (Å²) >= 11 is 17.2. The van der Waals surface area contributed by atoms with E-state index in [0.717, 1.165) is 0 Å². The van der Waals surface area contributed by atoms with E-state index in [2.05, 4.69) is 20.3 Å². The van der Waals surface area contributed by atoms with E-state index < -0.39 is 25.4 Å². The maximum absolute atomic E-state index is 8.34. The lowest BCUT2D eigenvalue weighted by Gasteiger charge is -2.20. The van der Waals surface area contributed by atoms with Crippen LogP contribution in [0, 0.1) is 0 Å². The maximum atomic E-state index is 8.34. The Balaban J connectivity index is 0.000000307. The molecule has 0 saturated carbocycles. The van der Waals surface area contributed by atoms with Crippen molar-refractivity contribution in [1.82, 2.24) is 15.0 Å². The third-order valence-electron chi connectivity index (χ3n) is 2.65. The number of hydrogen-bond acceptors (Lipinski definition) is 8. The minimum absolute atomic E-state index is 0.0227. The molecule has 0 aliphatic heterocycles. The molecule has 6 N–H and O–H groups in total. The van der Waals surface area contributed by atoms with Crippen LogP contribution in [-0.2, 0) is 0 Å². The number of halogens is 3. The highest BCUT2D eigenvalue weighted by Crippen LogP contribution is 2.23. The number of aromatic nitrogens is 3. The Morgan fingerprint density at radius 3 is 1.83 bits per heavy atom. The lowest BCUT2D eigenvalue weighted by Crippen LogP contribution is -2.50.